The maximum atomic E-state index is 11.9. The van der Waals surface area contributed by atoms with Crippen molar-refractivity contribution in [1.29, 1.82) is 0 Å². The summed E-state index contributed by atoms with van der Waals surface area (Å²) in [6.45, 7) is 1.85. The van der Waals surface area contributed by atoms with Gasteiger partial charge in [0.15, 0.2) is 5.78 Å². The lowest BCUT2D eigenvalue weighted by molar-refractivity contribution is 0.0983. The number of fused-ring (bicyclic) bond motifs is 1. The highest BCUT2D eigenvalue weighted by Crippen LogP contribution is 2.27. The molecule has 1 aliphatic carbocycles. The Morgan fingerprint density at radius 2 is 2.33 bits per heavy atom. The number of nitrogens with zero attached hydrogens (tertiary/aromatic N) is 2. The van der Waals surface area contributed by atoms with Gasteiger partial charge in [0, 0.05) is 18.5 Å². The minimum absolute atomic E-state index is 0.0544. The summed E-state index contributed by atoms with van der Waals surface area (Å²) in [6.07, 6.45) is 4.73. The minimum atomic E-state index is 0.0544. The SMILES string of the molecule is CCC(=O)c1nc2ccccn2c1C#CC1CC1. The molecule has 2 heterocycles. The van der Waals surface area contributed by atoms with Crippen LogP contribution in [0.1, 0.15) is 42.4 Å². The Morgan fingerprint density at radius 3 is 3.06 bits per heavy atom. The fourth-order valence-corrected chi connectivity index (χ4v) is 1.88. The smallest absolute Gasteiger partial charge is 0.183 e. The van der Waals surface area contributed by atoms with E-state index >= 15 is 0 Å². The molecule has 1 aliphatic rings. The molecule has 18 heavy (non-hydrogen) atoms. The maximum Gasteiger partial charge on any atom is 0.183 e. The molecule has 0 atom stereocenters. The number of hydrogen-bond acceptors (Lipinski definition) is 2. The highest BCUT2D eigenvalue weighted by atomic mass is 16.1. The Kier molecular flexibility index (Phi) is 2.64. The fraction of sp³-hybridized carbons (Fsp3) is 0.333. The van der Waals surface area contributed by atoms with E-state index in [4.69, 9.17) is 0 Å². The van der Waals surface area contributed by atoms with Gasteiger partial charge < -0.3 is 0 Å². The number of Topliss-reactive ketones (excluding diaryl/α,β-unsaturated/α-hetero) is 1. The number of aromatic nitrogens is 2. The van der Waals surface area contributed by atoms with Crippen molar-refractivity contribution in [2.45, 2.75) is 26.2 Å². The quantitative estimate of drug-likeness (QED) is 0.595. The van der Waals surface area contributed by atoms with Gasteiger partial charge in [-0.05, 0) is 30.9 Å². The van der Waals surface area contributed by atoms with Crippen LogP contribution in [0.5, 0.6) is 0 Å². The van der Waals surface area contributed by atoms with Gasteiger partial charge in [-0.15, -0.1) is 0 Å². The highest BCUT2D eigenvalue weighted by Gasteiger charge is 2.19. The molecule has 3 rings (SSSR count). The van der Waals surface area contributed by atoms with Crippen molar-refractivity contribution in [2.75, 3.05) is 0 Å². The van der Waals surface area contributed by atoms with Gasteiger partial charge in [-0.1, -0.05) is 18.9 Å². The standard InChI is InChI=1S/C15H14N2O/c1-2-13(18)15-12(9-8-11-6-7-11)17-10-4-3-5-14(17)16-15/h3-5,10-11H,2,6-7H2,1H3. The monoisotopic (exact) mass is 238 g/mol. The molecule has 3 nitrogen and oxygen atoms in total. The summed E-state index contributed by atoms with van der Waals surface area (Å²) >= 11 is 0. The van der Waals surface area contributed by atoms with Crippen LogP contribution >= 0.6 is 0 Å². The molecular weight excluding hydrogens is 224 g/mol. The van der Waals surface area contributed by atoms with Gasteiger partial charge in [0.1, 0.15) is 17.0 Å². The number of hydrogen-bond donors (Lipinski definition) is 0. The first-order valence-electron chi connectivity index (χ1n) is 6.31. The molecule has 0 aromatic carbocycles. The molecule has 0 saturated heterocycles. The molecule has 0 radical (unpaired) electrons. The minimum Gasteiger partial charge on any atom is -0.292 e. The second-order valence-corrected chi connectivity index (χ2v) is 4.56. The van der Waals surface area contributed by atoms with Crippen molar-refractivity contribution in [3.8, 4) is 11.8 Å². The van der Waals surface area contributed by atoms with Gasteiger partial charge in [-0.3, -0.25) is 9.20 Å². The van der Waals surface area contributed by atoms with Crippen molar-refractivity contribution >= 4 is 11.4 Å². The number of pyridine rings is 1. The van der Waals surface area contributed by atoms with E-state index in [0.717, 1.165) is 11.3 Å². The third kappa shape index (κ3) is 1.91. The molecule has 1 fully saturated rings. The lowest BCUT2D eigenvalue weighted by Gasteiger charge is -1.95. The lowest BCUT2D eigenvalue weighted by Crippen LogP contribution is -2.00. The van der Waals surface area contributed by atoms with Crippen LogP contribution < -0.4 is 0 Å². The second-order valence-electron chi connectivity index (χ2n) is 4.56. The topological polar surface area (TPSA) is 34.4 Å². The maximum absolute atomic E-state index is 11.9. The largest absolute Gasteiger partial charge is 0.292 e. The van der Waals surface area contributed by atoms with Crippen molar-refractivity contribution in [2.24, 2.45) is 5.92 Å². The van der Waals surface area contributed by atoms with E-state index in [1.165, 1.54) is 12.8 Å². The number of carbonyl (C=O) groups is 1. The number of rotatable bonds is 2. The molecule has 1 saturated carbocycles. The van der Waals surface area contributed by atoms with Crippen LogP contribution in [0.4, 0.5) is 0 Å². The fourth-order valence-electron chi connectivity index (χ4n) is 1.88. The summed E-state index contributed by atoms with van der Waals surface area (Å²) in [5.41, 5.74) is 2.04. The predicted octanol–water partition coefficient (Wildman–Crippen LogP) is 2.69. The average molecular weight is 238 g/mol. The van der Waals surface area contributed by atoms with Crippen LogP contribution in [0.2, 0.25) is 0 Å². The first-order chi connectivity index (χ1) is 8.79. The summed E-state index contributed by atoms with van der Waals surface area (Å²) < 4.78 is 1.90. The van der Waals surface area contributed by atoms with E-state index in [-0.39, 0.29) is 5.78 Å². The van der Waals surface area contributed by atoms with E-state index < -0.39 is 0 Å². The summed E-state index contributed by atoms with van der Waals surface area (Å²) in [6, 6.07) is 5.74. The molecular formula is C15H14N2O. The zero-order valence-corrected chi connectivity index (χ0v) is 10.3. The number of carbonyl (C=O) groups excluding carboxylic acids is 1. The molecule has 0 bridgehead atoms. The Morgan fingerprint density at radius 1 is 1.50 bits per heavy atom. The number of ketones is 1. The van der Waals surface area contributed by atoms with Crippen LogP contribution in [-0.2, 0) is 0 Å². The van der Waals surface area contributed by atoms with Crippen LogP contribution in [0.3, 0.4) is 0 Å². The molecule has 0 aliphatic heterocycles. The molecule has 0 unspecified atom stereocenters. The Labute approximate surface area is 106 Å². The lowest BCUT2D eigenvalue weighted by atomic mass is 10.2. The predicted molar refractivity (Wildman–Crippen MR) is 69.4 cm³/mol. The van der Waals surface area contributed by atoms with Crippen LogP contribution in [0, 0.1) is 17.8 Å². The Balaban J connectivity index is 2.17. The van der Waals surface area contributed by atoms with E-state index in [2.05, 4.69) is 16.8 Å². The molecule has 90 valence electrons. The van der Waals surface area contributed by atoms with Crippen molar-refractivity contribution in [3.05, 3.63) is 35.8 Å². The molecule has 3 heteroatoms. The van der Waals surface area contributed by atoms with E-state index in [0.29, 0.717) is 18.0 Å². The molecule has 0 spiro atoms. The van der Waals surface area contributed by atoms with E-state index in [1.807, 2.05) is 35.7 Å². The van der Waals surface area contributed by atoms with E-state index in [9.17, 15) is 4.79 Å². The van der Waals surface area contributed by atoms with Gasteiger partial charge in [-0.25, -0.2) is 4.98 Å². The Bertz CT molecular complexity index is 669. The molecule has 0 N–H and O–H groups in total. The van der Waals surface area contributed by atoms with Crippen LogP contribution in [0.15, 0.2) is 24.4 Å². The second kappa shape index (κ2) is 4.30. The van der Waals surface area contributed by atoms with E-state index in [1.54, 1.807) is 0 Å². The average Bonchev–Trinajstić information content (AvgIpc) is 3.16. The van der Waals surface area contributed by atoms with Gasteiger partial charge in [0.2, 0.25) is 0 Å². The molecule has 0 amide bonds. The van der Waals surface area contributed by atoms with Crippen molar-refractivity contribution in [1.82, 2.24) is 9.38 Å². The van der Waals surface area contributed by atoms with Gasteiger partial charge in [-0.2, -0.15) is 0 Å². The molecule has 2 aromatic heterocycles. The summed E-state index contributed by atoms with van der Waals surface area (Å²) in [7, 11) is 0. The first-order valence-corrected chi connectivity index (χ1v) is 6.31. The first kappa shape index (κ1) is 11.0. The third-order valence-electron chi connectivity index (χ3n) is 3.09. The zero-order valence-electron chi connectivity index (χ0n) is 10.3. The summed E-state index contributed by atoms with van der Waals surface area (Å²) in [4.78, 5) is 16.3. The zero-order chi connectivity index (χ0) is 12.5. The normalized spacial score (nSPS) is 14.3. The van der Waals surface area contributed by atoms with Crippen molar-refractivity contribution < 1.29 is 4.79 Å². The van der Waals surface area contributed by atoms with Gasteiger partial charge in [0.05, 0.1) is 0 Å². The van der Waals surface area contributed by atoms with Gasteiger partial charge in [0.25, 0.3) is 0 Å². The molecule has 2 aromatic rings. The van der Waals surface area contributed by atoms with Gasteiger partial charge >= 0.3 is 0 Å². The van der Waals surface area contributed by atoms with Crippen LogP contribution in [0.25, 0.3) is 5.65 Å². The highest BCUT2D eigenvalue weighted by molar-refractivity contribution is 5.97. The summed E-state index contributed by atoms with van der Waals surface area (Å²) in [5, 5.41) is 0. The Hall–Kier alpha value is -2.08. The van der Waals surface area contributed by atoms with Crippen molar-refractivity contribution in [3.63, 3.8) is 0 Å². The van der Waals surface area contributed by atoms with Crippen LogP contribution in [-0.4, -0.2) is 15.2 Å². The third-order valence-corrected chi connectivity index (χ3v) is 3.09. The summed E-state index contributed by atoms with van der Waals surface area (Å²) in [5.74, 6) is 6.92. The number of imidazole rings is 1.